The summed E-state index contributed by atoms with van der Waals surface area (Å²) < 4.78 is 5.47. The van der Waals surface area contributed by atoms with E-state index >= 15 is 0 Å². The summed E-state index contributed by atoms with van der Waals surface area (Å²) in [5.74, 6) is -0.380. The quantitative estimate of drug-likeness (QED) is 0.775. The van der Waals surface area contributed by atoms with Crippen molar-refractivity contribution in [3.8, 4) is 5.75 Å². The Kier molecular flexibility index (Phi) is 4.51. The molecular weight excluding hydrogens is 206 g/mol. The van der Waals surface area contributed by atoms with E-state index in [4.69, 9.17) is 9.84 Å². The molecule has 0 spiro atoms. The molecule has 1 aromatic heterocycles. The number of hydrogen-bond acceptors (Lipinski definition) is 3. The molecule has 0 bridgehead atoms. The number of hydrogen-bond donors (Lipinski definition) is 1. The van der Waals surface area contributed by atoms with Crippen LogP contribution in [0.2, 0.25) is 0 Å². The Morgan fingerprint density at radius 2 is 2.31 bits per heavy atom. The van der Waals surface area contributed by atoms with Crippen molar-refractivity contribution in [2.24, 2.45) is 0 Å². The molecule has 86 valence electrons. The Labute approximate surface area is 94.6 Å². The van der Waals surface area contributed by atoms with Crippen LogP contribution in [0.1, 0.15) is 24.7 Å². The molecule has 0 aliphatic carbocycles. The maximum absolute atomic E-state index is 10.4. The topological polar surface area (TPSA) is 59.4 Å². The predicted molar refractivity (Wildman–Crippen MR) is 61.4 cm³/mol. The second-order valence-electron chi connectivity index (χ2n) is 3.36. The van der Waals surface area contributed by atoms with Crippen LogP contribution in [-0.4, -0.2) is 22.7 Å². The molecule has 0 saturated carbocycles. The molecule has 1 rings (SSSR count). The fraction of sp³-hybridized carbons (Fsp3) is 0.333. The Morgan fingerprint density at radius 1 is 1.56 bits per heavy atom. The number of carboxylic acid groups (broad SMARTS) is 1. The van der Waals surface area contributed by atoms with E-state index < -0.39 is 5.97 Å². The van der Waals surface area contributed by atoms with E-state index in [1.54, 1.807) is 6.07 Å². The summed E-state index contributed by atoms with van der Waals surface area (Å²) in [6.45, 7) is 4.45. The minimum atomic E-state index is -0.996. The lowest BCUT2D eigenvalue weighted by Crippen LogP contribution is -1.99. The van der Waals surface area contributed by atoms with Gasteiger partial charge in [0.2, 0.25) is 0 Å². The van der Waals surface area contributed by atoms with Crippen LogP contribution in [0, 0.1) is 6.92 Å². The normalized spacial score (nSPS) is 10.6. The molecule has 0 aliphatic rings. The molecule has 0 aromatic carbocycles. The molecule has 0 unspecified atom stereocenters. The van der Waals surface area contributed by atoms with Crippen LogP contribution >= 0.6 is 0 Å². The van der Waals surface area contributed by atoms with E-state index in [0.717, 1.165) is 18.2 Å². The Bertz CT molecular complexity index is 399. The standard InChI is InChI=1S/C12H15NO3/c1-3-8-16-11-6-4-9(2)13-10(11)5-7-12(14)15/h4-7H,3,8H2,1-2H3,(H,14,15). The van der Waals surface area contributed by atoms with E-state index in [-0.39, 0.29) is 0 Å². The molecule has 1 N–H and O–H groups in total. The van der Waals surface area contributed by atoms with Gasteiger partial charge >= 0.3 is 5.97 Å². The summed E-state index contributed by atoms with van der Waals surface area (Å²) in [6.07, 6.45) is 3.40. The van der Waals surface area contributed by atoms with Crippen molar-refractivity contribution in [1.82, 2.24) is 4.98 Å². The molecule has 4 heteroatoms. The van der Waals surface area contributed by atoms with Crippen LogP contribution in [-0.2, 0) is 4.79 Å². The highest BCUT2D eigenvalue weighted by Gasteiger charge is 2.03. The third kappa shape index (κ3) is 3.73. The average Bonchev–Trinajstić information content (AvgIpc) is 2.25. The number of ether oxygens (including phenoxy) is 1. The first-order valence-corrected chi connectivity index (χ1v) is 5.15. The molecule has 0 fully saturated rings. The smallest absolute Gasteiger partial charge is 0.328 e. The first-order chi connectivity index (χ1) is 7.63. The summed E-state index contributed by atoms with van der Waals surface area (Å²) in [5, 5.41) is 8.56. The van der Waals surface area contributed by atoms with Crippen molar-refractivity contribution in [3.05, 3.63) is 29.6 Å². The lowest BCUT2D eigenvalue weighted by molar-refractivity contribution is -0.131. The maximum atomic E-state index is 10.4. The molecule has 0 amide bonds. The molecule has 0 aliphatic heterocycles. The van der Waals surface area contributed by atoms with Crippen molar-refractivity contribution < 1.29 is 14.6 Å². The number of nitrogens with zero attached hydrogens (tertiary/aromatic N) is 1. The van der Waals surface area contributed by atoms with Crippen LogP contribution < -0.4 is 4.74 Å². The molecular formula is C12H15NO3. The highest BCUT2D eigenvalue weighted by molar-refractivity contribution is 5.85. The van der Waals surface area contributed by atoms with Crippen molar-refractivity contribution in [3.63, 3.8) is 0 Å². The molecule has 1 aromatic rings. The maximum Gasteiger partial charge on any atom is 0.328 e. The first-order valence-electron chi connectivity index (χ1n) is 5.15. The zero-order chi connectivity index (χ0) is 12.0. The van der Waals surface area contributed by atoms with Gasteiger partial charge in [-0.15, -0.1) is 0 Å². The summed E-state index contributed by atoms with van der Waals surface area (Å²) >= 11 is 0. The molecule has 0 atom stereocenters. The van der Waals surface area contributed by atoms with Gasteiger partial charge in [0.15, 0.2) is 0 Å². The molecule has 4 nitrogen and oxygen atoms in total. The van der Waals surface area contributed by atoms with Crippen molar-refractivity contribution >= 4 is 12.0 Å². The lowest BCUT2D eigenvalue weighted by atomic mass is 10.2. The number of pyridine rings is 1. The fourth-order valence-corrected chi connectivity index (χ4v) is 1.17. The molecule has 16 heavy (non-hydrogen) atoms. The number of carbonyl (C=O) groups is 1. The zero-order valence-electron chi connectivity index (χ0n) is 9.43. The van der Waals surface area contributed by atoms with Crippen molar-refractivity contribution in [2.75, 3.05) is 6.61 Å². The van der Waals surface area contributed by atoms with E-state index in [1.807, 2.05) is 19.9 Å². The second-order valence-corrected chi connectivity index (χ2v) is 3.36. The van der Waals surface area contributed by atoms with Crippen LogP contribution in [0.25, 0.3) is 6.08 Å². The third-order valence-corrected chi connectivity index (χ3v) is 1.87. The van der Waals surface area contributed by atoms with Gasteiger partial charge in [-0.3, -0.25) is 0 Å². The number of aromatic nitrogens is 1. The highest BCUT2D eigenvalue weighted by atomic mass is 16.5. The summed E-state index contributed by atoms with van der Waals surface area (Å²) in [5.41, 5.74) is 1.38. The van der Waals surface area contributed by atoms with Gasteiger partial charge in [0.1, 0.15) is 11.4 Å². The van der Waals surface area contributed by atoms with Crippen molar-refractivity contribution in [1.29, 1.82) is 0 Å². The van der Waals surface area contributed by atoms with Crippen LogP contribution in [0.15, 0.2) is 18.2 Å². The predicted octanol–water partition coefficient (Wildman–Crippen LogP) is 2.28. The minimum Gasteiger partial charge on any atom is -0.491 e. The Balaban J connectivity index is 2.93. The van der Waals surface area contributed by atoms with Gasteiger partial charge in [0.05, 0.1) is 6.61 Å². The second kappa shape index (κ2) is 5.90. The molecule has 0 saturated heterocycles. The van der Waals surface area contributed by atoms with Gasteiger partial charge in [-0.05, 0) is 31.6 Å². The molecule has 0 radical (unpaired) electrons. The number of rotatable bonds is 5. The minimum absolute atomic E-state index is 0.552. The van der Waals surface area contributed by atoms with Crippen LogP contribution in [0.3, 0.4) is 0 Å². The van der Waals surface area contributed by atoms with Crippen molar-refractivity contribution in [2.45, 2.75) is 20.3 Å². The van der Waals surface area contributed by atoms with Gasteiger partial charge in [0, 0.05) is 11.8 Å². The Morgan fingerprint density at radius 3 is 2.94 bits per heavy atom. The van der Waals surface area contributed by atoms with E-state index in [0.29, 0.717) is 18.1 Å². The highest BCUT2D eigenvalue weighted by Crippen LogP contribution is 2.18. The van der Waals surface area contributed by atoms with Gasteiger partial charge in [-0.1, -0.05) is 6.92 Å². The Hall–Kier alpha value is -1.84. The van der Waals surface area contributed by atoms with Gasteiger partial charge in [0.25, 0.3) is 0 Å². The SMILES string of the molecule is CCCOc1ccc(C)nc1C=CC(=O)O. The fourth-order valence-electron chi connectivity index (χ4n) is 1.17. The van der Waals surface area contributed by atoms with E-state index in [1.165, 1.54) is 6.08 Å². The van der Waals surface area contributed by atoms with Crippen LogP contribution in [0.5, 0.6) is 5.75 Å². The lowest BCUT2D eigenvalue weighted by Gasteiger charge is -2.07. The van der Waals surface area contributed by atoms with Gasteiger partial charge < -0.3 is 9.84 Å². The number of carboxylic acids is 1. The summed E-state index contributed by atoms with van der Waals surface area (Å²) in [4.78, 5) is 14.7. The number of aliphatic carboxylic acids is 1. The van der Waals surface area contributed by atoms with E-state index in [2.05, 4.69) is 4.98 Å². The van der Waals surface area contributed by atoms with Crippen LogP contribution in [0.4, 0.5) is 0 Å². The van der Waals surface area contributed by atoms with E-state index in [9.17, 15) is 4.79 Å². The first kappa shape index (κ1) is 12.2. The monoisotopic (exact) mass is 221 g/mol. The molecule has 1 heterocycles. The van der Waals surface area contributed by atoms with Gasteiger partial charge in [-0.25, -0.2) is 9.78 Å². The zero-order valence-corrected chi connectivity index (χ0v) is 9.43. The number of aryl methyl sites for hydroxylation is 1. The average molecular weight is 221 g/mol. The van der Waals surface area contributed by atoms with Gasteiger partial charge in [-0.2, -0.15) is 0 Å². The summed E-state index contributed by atoms with van der Waals surface area (Å²) in [7, 11) is 0. The largest absolute Gasteiger partial charge is 0.491 e. The third-order valence-electron chi connectivity index (χ3n) is 1.87. The summed E-state index contributed by atoms with van der Waals surface area (Å²) in [6, 6.07) is 3.64.